The predicted octanol–water partition coefficient (Wildman–Crippen LogP) is 4.92. The maximum atomic E-state index is 13.9. The van der Waals surface area contributed by atoms with E-state index in [9.17, 15) is 9.59 Å². The highest BCUT2D eigenvalue weighted by Crippen LogP contribution is 2.46. The lowest BCUT2D eigenvalue weighted by Crippen LogP contribution is -2.44. The Balaban J connectivity index is 1.85. The highest BCUT2D eigenvalue weighted by molar-refractivity contribution is 6.32. The highest BCUT2D eigenvalue weighted by atomic mass is 35.5. The average molecular weight is 511 g/mol. The second-order valence-electron chi connectivity index (χ2n) is 8.24. The minimum Gasteiger partial charge on any atom is -0.497 e. The Hall–Kier alpha value is -3.91. The fraction of sp³-hybridized carbons (Fsp3) is 0.259. The van der Waals surface area contributed by atoms with Crippen molar-refractivity contribution in [1.29, 1.82) is 0 Å². The number of benzene rings is 3. The van der Waals surface area contributed by atoms with E-state index < -0.39 is 12.0 Å². The van der Waals surface area contributed by atoms with E-state index in [0.29, 0.717) is 44.8 Å². The van der Waals surface area contributed by atoms with Crippen LogP contribution in [-0.2, 0) is 4.79 Å². The van der Waals surface area contributed by atoms with Crippen LogP contribution in [0, 0.1) is 0 Å². The zero-order valence-electron chi connectivity index (χ0n) is 20.6. The third-order valence-electron chi connectivity index (χ3n) is 6.33. The number of hydrogen-bond acceptors (Lipinski definition) is 6. The van der Waals surface area contributed by atoms with Gasteiger partial charge >= 0.3 is 0 Å². The number of likely N-dealkylation sites (N-methyl/N-ethyl adjacent to an activating group) is 1. The molecule has 2 amide bonds. The molecule has 0 aromatic heterocycles. The van der Waals surface area contributed by atoms with Gasteiger partial charge in [0.2, 0.25) is 5.91 Å². The van der Waals surface area contributed by atoms with E-state index in [1.54, 1.807) is 61.5 Å². The van der Waals surface area contributed by atoms with Gasteiger partial charge in [0.15, 0.2) is 11.5 Å². The van der Waals surface area contributed by atoms with Crippen LogP contribution in [0.5, 0.6) is 23.0 Å². The summed E-state index contributed by atoms with van der Waals surface area (Å²) < 4.78 is 21.4. The van der Waals surface area contributed by atoms with Gasteiger partial charge in [-0.1, -0.05) is 23.7 Å². The Bertz CT molecular complexity index is 1290. The molecule has 0 radical (unpaired) electrons. The normalized spacial score (nSPS) is 16.7. The second-order valence-corrected chi connectivity index (χ2v) is 8.65. The van der Waals surface area contributed by atoms with Gasteiger partial charge in [-0.05, 0) is 53.6 Å². The molecule has 1 heterocycles. The number of anilines is 1. The van der Waals surface area contributed by atoms with Gasteiger partial charge in [-0.25, -0.2) is 0 Å². The molecule has 0 fully saturated rings. The largest absolute Gasteiger partial charge is 0.497 e. The first-order valence-corrected chi connectivity index (χ1v) is 11.5. The lowest BCUT2D eigenvalue weighted by Gasteiger charge is -2.40. The van der Waals surface area contributed by atoms with Crippen molar-refractivity contribution in [2.75, 3.05) is 40.8 Å². The number of fused-ring (bicyclic) bond motifs is 1. The maximum Gasteiger partial charge on any atom is 0.254 e. The Kier molecular flexibility index (Phi) is 7.26. The number of halogens is 1. The number of rotatable bonds is 7. The number of carbonyl (C=O) groups excluding carboxylic acids is 2. The standard InChI is InChI=1S/C27H27ClN2O6/c1-30-25(15-6-9-17(33-2)10-7-15)24(26(31)29-16-8-11-21(34-3)20(28)12-16)18-13-22(35-4)23(36-5)14-19(18)27(30)32/h6-14,24-25H,1-5H3,(H,29,31)/t24-,25-/m1/s1. The van der Waals surface area contributed by atoms with Crippen molar-refractivity contribution in [2.24, 2.45) is 0 Å². The monoisotopic (exact) mass is 510 g/mol. The number of nitrogens with one attached hydrogen (secondary N) is 1. The molecule has 0 saturated heterocycles. The molecule has 2 atom stereocenters. The van der Waals surface area contributed by atoms with Crippen LogP contribution in [0.1, 0.15) is 33.4 Å². The zero-order valence-corrected chi connectivity index (χ0v) is 21.4. The van der Waals surface area contributed by atoms with Crippen LogP contribution >= 0.6 is 11.6 Å². The molecular formula is C27H27ClN2O6. The minimum absolute atomic E-state index is 0.233. The molecule has 3 aromatic carbocycles. The molecule has 0 unspecified atom stereocenters. The molecule has 9 heteroatoms. The van der Waals surface area contributed by atoms with Crippen LogP contribution in [0.25, 0.3) is 0 Å². The van der Waals surface area contributed by atoms with Crippen LogP contribution in [0.3, 0.4) is 0 Å². The topological polar surface area (TPSA) is 86.3 Å². The molecule has 3 aromatic rings. The van der Waals surface area contributed by atoms with E-state index in [1.165, 1.54) is 21.3 Å². The second kappa shape index (κ2) is 10.4. The van der Waals surface area contributed by atoms with Crippen LogP contribution in [-0.4, -0.2) is 52.2 Å². The first kappa shape index (κ1) is 25.2. The van der Waals surface area contributed by atoms with Crippen LogP contribution in [0.2, 0.25) is 5.02 Å². The quantitative estimate of drug-likeness (QED) is 0.485. The fourth-order valence-corrected chi connectivity index (χ4v) is 4.77. The van der Waals surface area contributed by atoms with Gasteiger partial charge in [-0.15, -0.1) is 0 Å². The van der Waals surface area contributed by atoms with Gasteiger partial charge in [-0.3, -0.25) is 9.59 Å². The van der Waals surface area contributed by atoms with E-state index in [4.69, 9.17) is 30.5 Å². The number of carbonyl (C=O) groups is 2. The molecule has 4 rings (SSSR count). The molecule has 0 aliphatic carbocycles. The molecular weight excluding hydrogens is 484 g/mol. The number of hydrogen-bond donors (Lipinski definition) is 1. The van der Waals surface area contributed by atoms with Gasteiger partial charge < -0.3 is 29.2 Å². The summed E-state index contributed by atoms with van der Waals surface area (Å²) in [6.07, 6.45) is 0. The SMILES string of the molecule is COc1ccc([C@@H]2[C@H](C(=O)Nc3ccc(OC)c(Cl)c3)c3cc(OC)c(OC)cc3C(=O)N2C)cc1. The van der Waals surface area contributed by atoms with Gasteiger partial charge in [0.1, 0.15) is 11.5 Å². The Morgan fingerprint density at radius 1 is 0.861 bits per heavy atom. The third kappa shape index (κ3) is 4.52. The summed E-state index contributed by atoms with van der Waals surface area (Å²) in [5, 5.41) is 3.32. The summed E-state index contributed by atoms with van der Waals surface area (Å²) in [6, 6.07) is 15.0. The fourth-order valence-electron chi connectivity index (χ4n) is 4.51. The van der Waals surface area contributed by atoms with Crippen molar-refractivity contribution in [3.63, 3.8) is 0 Å². The zero-order chi connectivity index (χ0) is 26.0. The summed E-state index contributed by atoms with van der Waals surface area (Å²) >= 11 is 6.28. The van der Waals surface area contributed by atoms with E-state index in [1.807, 2.05) is 12.1 Å². The van der Waals surface area contributed by atoms with E-state index >= 15 is 0 Å². The van der Waals surface area contributed by atoms with Gasteiger partial charge in [0, 0.05) is 18.3 Å². The van der Waals surface area contributed by atoms with Crippen molar-refractivity contribution < 1.29 is 28.5 Å². The molecule has 36 heavy (non-hydrogen) atoms. The summed E-state index contributed by atoms with van der Waals surface area (Å²) in [4.78, 5) is 28.9. The predicted molar refractivity (Wildman–Crippen MR) is 137 cm³/mol. The maximum absolute atomic E-state index is 13.9. The van der Waals surface area contributed by atoms with Crippen LogP contribution in [0.15, 0.2) is 54.6 Å². The number of amides is 2. The van der Waals surface area contributed by atoms with Gasteiger partial charge in [0.05, 0.1) is 45.4 Å². The highest BCUT2D eigenvalue weighted by Gasteiger charge is 2.43. The lowest BCUT2D eigenvalue weighted by molar-refractivity contribution is -0.119. The summed E-state index contributed by atoms with van der Waals surface area (Å²) in [5.74, 6) is 0.680. The minimum atomic E-state index is -0.767. The molecule has 1 N–H and O–H groups in total. The van der Waals surface area contributed by atoms with Crippen molar-refractivity contribution in [3.05, 3.63) is 76.3 Å². The Morgan fingerprint density at radius 3 is 2.08 bits per heavy atom. The summed E-state index contributed by atoms with van der Waals surface area (Å²) in [5.41, 5.74) is 2.18. The molecule has 188 valence electrons. The summed E-state index contributed by atoms with van der Waals surface area (Å²) in [7, 11) is 7.79. The summed E-state index contributed by atoms with van der Waals surface area (Å²) in [6.45, 7) is 0. The van der Waals surface area contributed by atoms with Crippen molar-refractivity contribution in [1.82, 2.24) is 4.90 Å². The average Bonchev–Trinajstić information content (AvgIpc) is 2.89. The molecule has 8 nitrogen and oxygen atoms in total. The van der Waals surface area contributed by atoms with Gasteiger partial charge in [-0.2, -0.15) is 0 Å². The van der Waals surface area contributed by atoms with E-state index in [2.05, 4.69) is 5.32 Å². The smallest absolute Gasteiger partial charge is 0.254 e. The van der Waals surface area contributed by atoms with E-state index in [0.717, 1.165) is 5.56 Å². The number of methoxy groups -OCH3 is 4. The van der Waals surface area contributed by atoms with Crippen LogP contribution < -0.4 is 24.3 Å². The lowest BCUT2D eigenvalue weighted by atomic mass is 9.79. The Labute approximate surface area is 214 Å². The number of ether oxygens (including phenoxy) is 4. The molecule has 1 aliphatic rings. The number of nitrogens with zero attached hydrogens (tertiary/aromatic N) is 1. The van der Waals surface area contributed by atoms with Crippen molar-refractivity contribution in [2.45, 2.75) is 12.0 Å². The third-order valence-corrected chi connectivity index (χ3v) is 6.63. The van der Waals surface area contributed by atoms with Crippen molar-refractivity contribution in [3.8, 4) is 23.0 Å². The molecule has 1 aliphatic heterocycles. The molecule has 0 saturated carbocycles. The first-order valence-electron chi connectivity index (χ1n) is 11.1. The van der Waals surface area contributed by atoms with E-state index in [-0.39, 0.29) is 11.8 Å². The van der Waals surface area contributed by atoms with Crippen molar-refractivity contribution >= 4 is 29.1 Å². The molecule has 0 spiro atoms. The molecule has 0 bridgehead atoms. The van der Waals surface area contributed by atoms with Crippen LogP contribution in [0.4, 0.5) is 5.69 Å². The first-order chi connectivity index (χ1) is 17.3. The Morgan fingerprint density at radius 2 is 1.50 bits per heavy atom. The van der Waals surface area contributed by atoms with Gasteiger partial charge in [0.25, 0.3) is 5.91 Å².